The maximum atomic E-state index is 11.5. The molecule has 1 aromatic carbocycles. The molecule has 2 rings (SSSR count). The summed E-state index contributed by atoms with van der Waals surface area (Å²) < 4.78 is 10.8. The molecule has 0 spiro atoms. The predicted molar refractivity (Wildman–Crippen MR) is 64.7 cm³/mol. The fourth-order valence-corrected chi connectivity index (χ4v) is 1.61. The highest BCUT2D eigenvalue weighted by Gasteiger charge is 2.17. The Morgan fingerprint density at radius 3 is 2.59 bits per heavy atom. The summed E-state index contributed by atoms with van der Waals surface area (Å²) in [6.07, 6.45) is 0. The molecule has 1 heterocycles. The molecule has 1 atom stereocenters. The second-order valence-corrected chi connectivity index (χ2v) is 4.16. The van der Waals surface area contributed by atoms with E-state index in [0.717, 1.165) is 0 Å². The quantitative estimate of drug-likeness (QED) is 0.839. The van der Waals surface area contributed by atoms with Crippen molar-refractivity contribution in [2.24, 2.45) is 5.73 Å². The number of amides is 1. The van der Waals surface area contributed by atoms with Crippen LogP contribution in [0.2, 0.25) is 5.02 Å². The number of anilines is 1. The van der Waals surface area contributed by atoms with Gasteiger partial charge >= 0.3 is 0 Å². The number of hydrogen-bond donors (Lipinski definition) is 2. The Morgan fingerprint density at radius 2 is 2.00 bits per heavy atom. The minimum atomic E-state index is -0.598. The number of ether oxygens (including phenoxy) is 2. The average Bonchev–Trinajstić information content (AvgIpc) is 2.29. The first kappa shape index (κ1) is 12.0. The molecule has 1 aliphatic rings. The predicted octanol–water partition coefficient (Wildman–Crippen LogP) is 1.40. The Bertz CT molecular complexity index is 449. The number of halogens is 1. The number of hydrogen-bond acceptors (Lipinski definition) is 4. The van der Waals surface area contributed by atoms with Crippen molar-refractivity contribution in [3.05, 3.63) is 17.2 Å². The standard InChI is InChI=1S/C11H13ClN2O3/c1-6(13)11(15)14-8-5-10-9(4-7(8)12)16-2-3-17-10/h4-6H,2-3,13H2,1H3,(H,14,15)/t6-/m1/s1. The minimum absolute atomic E-state index is 0.302. The molecule has 0 saturated heterocycles. The third-order valence-electron chi connectivity index (χ3n) is 2.30. The van der Waals surface area contributed by atoms with E-state index in [-0.39, 0.29) is 5.91 Å². The number of carbonyl (C=O) groups excluding carboxylic acids is 1. The molecule has 0 aromatic heterocycles. The molecule has 5 nitrogen and oxygen atoms in total. The molecule has 0 unspecified atom stereocenters. The van der Waals surface area contributed by atoms with E-state index in [1.165, 1.54) is 0 Å². The minimum Gasteiger partial charge on any atom is -0.486 e. The SMILES string of the molecule is C[C@@H](N)C(=O)Nc1cc2c(cc1Cl)OCCO2. The summed E-state index contributed by atoms with van der Waals surface area (Å²) in [5.74, 6) is 0.851. The first-order valence-corrected chi connectivity index (χ1v) is 5.61. The normalized spacial score (nSPS) is 15.2. The average molecular weight is 257 g/mol. The van der Waals surface area contributed by atoms with Crippen LogP contribution < -0.4 is 20.5 Å². The third-order valence-corrected chi connectivity index (χ3v) is 2.62. The Balaban J connectivity index is 2.26. The first-order chi connectivity index (χ1) is 8.08. The van der Waals surface area contributed by atoms with Crippen LogP contribution in [0, 0.1) is 0 Å². The van der Waals surface area contributed by atoms with Crippen molar-refractivity contribution in [3.63, 3.8) is 0 Å². The summed E-state index contributed by atoms with van der Waals surface area (Å²) in [6.45, 7) is 2.57. The number of rotatable bonds is 2. The van der Waals surface area contributed by atoms with E-state index in [2.05, 4.69) is 5.32 Å². The molecule has 17 heavy (non-hydrogen) atoms. The lowest BCUT2D eigenvalue weighted by Gasteiger charge is -2.20. The van der Waals surface area contributed by atoms with Gasteiger partial charge in [0.2, 0.25) is 5.91 Å². The van der Waals surface area contributed by atoms with Crippen LogP contribution in [0.5, 0.6) is 11.5 Å². The van der Waals surface area contributed by atoms with Gasteiger partial charge in [-0.25, -0.2) is 0 Å². The maximum Gasteiger partial charge on any atom is 0.241 e. The van der Waals surface area contributed by atoms with Gasteiger partial charge in [-0.2, -0.15) is 0 Å². The number of carbonyl (C=O) groups is 1. The summed E-state index contributed by atoms with van der Waals surface area (Å²) in [6, 6.07) is 2.66. The topological polar surface area (TPSA) is 73.6 Å². The van der Waals surface area contributed by atoms with E-state index in [4.69, 9.17) is 26.8 Å². The van der Waals surface area contributed by atoms with Gasteiger partial charge in [-0.05, 0) is 6.92 Å². The van der Waals surface area contributed by atoms with Crippen molar-refractivity contribution < 1.29 is 14.3 Å². The number of benzene rings is 1. The van der Waals surface area contributed by atoms with Gasteiger partial charge in [-0.15, -0.1) is 0 Å². The summed E-state index contributed by atoms with van der Waals surface area (Å²) in [7, 11) is 0. The fourth-order valence-electron chi connectivity index (χ4n) is 1.41. The van der Waals surface area contributed by atoms with Crippen LogP contribution in [0.1, 0.15) is 6.92 Å². The molecular formula is C11H13ClN2O3. The molecule has 1 aliphatic heterocycles. The number of nitrogens with one attached hydrogen (secondary N) is 1. The van der Waals surface area contributed by atoms with Crippen molar-refractivity contribution in [3.8, 4) is 11.5 Å². The van der Waals surface area contributed by atoms with Gasteiger partial charge in [0.15, 0.2) is 11.5 Å². The molecule has 0 radical (unpaired) electrons. The zero-order valence-corrected chi connectivity index (χ0v) is 10.1. The molecule has 1 amide bonds. The van der Waals surface area contributed by atoms with E-state index < -0.39 is 6.04 Å². The van der Waals surface area contributed by atoms with Gasteiger partial charge in [0.25, 0.3) is 0 Å². The van der Waals surface area contributed by atoms with Crippen LogP contribution >= 0.6 is 11.6 Å². The lowest BCUT2D eigenvalue weighted by atomic mass is 10.2. The summed E-state index contributed by atoms with van der Waals surface area (Å²) >= 11 is 6.02. The van der Waals surface area contributed by atoms with E-state index in [0.29, 0.717) is 35.4 Å². The molecule has 0 bridgehead atoms. The van der Waals surface area contributed by atoms with E-state index in [9.17, 15) is 4.79 Å². The highest BCUT2D eigenvalue weighted by atomic mass is 35.5. The van der Waals surface area contributed by atoms with Crippen molar-refractivity contribution in [2.75, 3.05) is 18.5 Å². The van der Waals surface area contributed by atoms with E-state index in [1.807, 2.05) is 0 Å². The van der Waals surface area contributed by atoms with Gasteiger partial charge < -0.3 is 20.5 Å². The summed E-state index contributed by atoms with van der Waals surface area (Å²) in [5.41, 5.74) is 5.93. The Labute approximate surface area is 104 Å². The Kier molecular flexibility index (Phi) is 3.40. The van der Waals surface area contributed by atoms with Crippen LogP contribution in [0.25, 0.3) is 0 Å². The highest BCUT2D eigenvalue weighted by molar-refractivity contribution is 6.34. The zero-order chi connectivity index (χ0) is 12.4. The van der Waals surface area contributed by atoms with Crippen LogP contribution in [0.15, 0.2) is 12.1 Å². The van der Waals surface area contributed by atoms with E-state index in [1.54, 1.807) is 19.1 Å². The van der Waals surface area contributed by atoms with Gasteiger partial charge in [-0.1, -0.05) is 11.6 Å². The fraction of sp³-hybridized carbons (Fsp3) is 0.364. The number of fused-ring (bicyclic) bond motifs is 1. The molecule has 0 saturated carbocycles. The first-order valence-electron chi connectivity index (χ1n) is 5.23. The van der Waals surface area contributed by atoms with Gasteiger partial charge in [0, 0.05) is 12.1 Å². The molecule has 1 aromatic rings. The second kappa shape index (κ2) is 4.81. The largest absolute Gasteiger partial charge is 0.486 e. The van der Waals surface area contributed by atoms with Crippen LogP contribution in [-0.2, 0) is 4.79 Å². The van der Waals surface area contributed by atoms with Gasteiger partial charge in [-0.3, -0.25) is 4.79 Å². The lowest BCUT2D eigenvalue weighted by molar-refractivity contribution is -0.117. The van der Waals surface area contributed by atoms with Crippen LogP contribution in [0.4, 0.5) is 5.69 Å². The smallest absolute Gasteiger partial charge is 0.241 e. The highest BCUT2D eigenvalue weighted by Crippen LogP contribution is 2.37. The van der Waals surface area contributed by atoms with Crippen molar-refractivity contribution in [1.29, 1.82) is 0 Å². The van der Waals surface area contributed by atoms with Crippen LogP contribution in [0.3, 0.4) is 0 Å². The molecule has 0 fully saturated rings. The molecular weight excluding hydrogens is 244 g/mol. The maximum absolute atomic E-state index is 11.5. The van der Waals surface area contributed by atoms with Gasteiger partial charge in [0.05, 0.1) is 16.8 Å². The van der Waals surface area contributed by atoms with Crippen LogP contribution in [-0.4, -0.2) is 25.2 Å². The lowest BCUT2D eigenvalue weighted by Crippen LogP contribution is -2.32. The Morgan fingerprint density at radius 1 is 1.41 bits per heavy atom. The van der Waals surface area contributed by atoms with Crippen molar-refractivity contribution >= 4 is 23.2 Å². The molecule has 3 N–H and O–H groups in total. The molecule has 6 heteroatoms. The van der Waals surface area contributed by atoms with E-state index >= 15 is 0 Å². The second-order valence-electron chi connectivity index (χ2n) is 3.75. The molecule has 92 valence electrons. The Hall–Kier alpha value is -1.46. The monoisotopic (exact) mass is 256 g/mol. The summed E-state index contributed by atoms with van der Waals surface area (Å²) in [5, 5.41) is 3.02. The van der Waals surface area contributed by atoms with Crippen molar-refractivity contribution in [1.82, 2.24) is 0 Å². The van der Waals surface area contributed by atoms with Gasteiger partial charge in [0.1, 0.15) is 13.2 Å². The van der Waals surface area contributed by atoms with Crippen molar-refractivity contribution in [2.45, 2.75) is 13.0 Å². The third kappa shape index (κ3) is 2.62. The zero-order valence-electron chi connectivity index (χ0n) is 9.33. The number of nitrogens with two attached hydrogens (primary N) is 1. The summed E-state index contributed by atoms with van der Waals surface area (Å²) in [4.78, 5) is 11.5. The molecule has 0 aliphatic carbocycles.